The van der Waals surface area contributed by atoms with Crippen LogP contribution in [-0.2, 0) is 10.2 Å². The molecular formula is C10H12N8O2S2. The minimum atomic E-state index is -4.07. The Bertz CT molecular complexity index is 851. The van der Waals surface area contributed by atoms with Gasteiger partial charge >= 0.3 is 10.2 Å². The van der Waals surface area contributed by atoms with E-state index in [0.717, 1.165) is 0 Å². The molecule has 116 valence electrons. The summed E-state index contributed by atoms with van der Waals surface area (Å²) in [6.07, 6.45) is 1.44. The van der Waals surface area contributed by atoms with Crippen LogP contribution in [0.1, 0.15) is 5.56 Å². The van der Waals surface area contributed by atoms with Crippen molar-refractivity contribution in [2.75, 3.05) is 0 Å². The van der Waals surface area contributed by atoms with Gasteiger partial charge in [-0.25, -0.2) is 10.1 Å². The molecule has 0 amide bonds. The van der Waals surface area contributed by atoms with E-state index in [0.29, 0.717) is 22.1 Å². The Morgan fingerprint density at radius 3 is 2.59 bits per heavy atom. The molecule has 22 heavy (non-hydrogen) atoms. The van der Waals surface area contributed by atoms with Gasteiger partial charge in [-0.05, 0) is 12.1 Å². The summed E-state index contributed by atoms with van der Waals surface area (Å²) in [5.41, 5.74) is 17.4. The third-order valence-corrected chi connectivity index (χ3v) is 3.45. The largest absolute Gasteiger partial charge is 0.382 e. The van der Waals surface area contributed by atoms with Crippen molar-refractivity contribution in [1.82, 2.24) is 9.97 Å². The van der Waals surface area contributed by atoms with Crippen LogP contribution in [0.3, 0.4) is 0 Å². The Balaban J connectivity index is 2.39. The molecule has 2 aromatic rings. The molecule has 0 bridgehead atoms. The molecule has 0 atom stereocenters. The maximum atomic E-state index is 10.9. The quantitative estimate of drug-likeness (QED) is 0.406. The van der Waals surface area contributed by atoms with Crippen LogP contribution >= 0.6 is 11.3 Å². The van der Waals surface area contributed by atoms with Crippen LogP contribution in [0.15, 0.2) is 33.1 Å². The second kappa shape index (κ2) is 6.05. The van der Waals surface area contributed by atoms with Crippen molar-refractivity contribution >= 4 is 38.5 Å². The maximum absolute atomic E-state index is 10.9. The lowest BCUT2D eigenvalue weighted by Crippen LogP contribution is -2.21. The zero-order chi connectivity index (χ0) is 16.3. The van der Waals surface area contributed by atoms with Gasteiger partial charge in [0.15, 0.2) is 5.96 Å². The Morgan fingerprint density at radius 1 is 1.23 bits per heavy atom. The van der Waals surface area contributed by atoms with E-state index in [-0.39, 0.29) is 11.8 Å². The molecule has 0 saturated carbocycles. The van der Waals surface area contributed by atoms with Crippen LogP contribution in [-0.4, -0.2) is 30.2 Å². The first-order valence-corrected chi connectivity index (χ1v) is 8.03. The number of nitrogens with two attached hydrogens (primary N) is 4. The van der Waals surface area contributed by atoms with Gasteiger partial charge in [0.05, 0.1) is 5.69 Å². The van der Waals surface area contributed by atoms with Crippen molar-refractivity contribution in [2.24, 2.45) is 31.7 Å². The zero-order valence-electron chi connectivity index (χ0n) is 11.0. The van der Waals surface area contributed by atoms with Gasteiger partial charge in [-0.3, -0.25) is 4.98 Å². The fourth-order valence-electron chi connectivity index (χ4n) is 1.46. The highest BCUT2D eigenvalue weighted by atomic mass is 32.2. The van der Waals surface area contributed by atoms with Gasteiger partial charge in [0.25, 0.3) is 0 Å². The molecule has 0 aliphatic heterocycles. The van der Waals surface area contributed by atoms with Gasteiger partial charge in [-0.1, -0.05) is 0 Å². The smallest absolute Gasteiger partial charge is 0.319 e. The molecule has 10 nitrogen and oxygen atoms in total. The van der Waals surface area contributed by atoms with Crippen LogP contribution in [0.2, 0.25) is 0 Å². The van der Waals surface area contributed by atoms with E-state index in [2.05, 4.69) is 19.4 Å². The summed E-state index contributed by atoms with van der Waals surface area (Å²) in [6.45, 7) is 0. The average Bonchev–Trinajstić information content (AvgIpc) is 2.84. The van der Waals surface area contributed by atoms with Crippen LogP contribution in [0, 0.1) is 0 Å². The SMILES string of the molecule is NC(N)=Nc1nc(-c2cc(C(N)=NS(N)(=O)=O)ccn2)cs1. The second-order valence-electron chi connectivity index (χ2n) is 3.97. The fourth-order valence-corrected chi connectivity index (χ4v) is 2.54. The van der Waals surface area contributed by atoms with Gasteiger partial charge in [-0.15, -0.1) is 15.7 Å². The maximum Gasteiger partial charge on any atom is 0.319 e. The molecule has 0 radical (unpaired) electrons. The van der Waals surface area contributed by atoms with Gasteiger partial charge in [-0.2, -0.15) is 13.4 Å². The molecular weight excluding hydrogens is 328 g/mol. The first-order chi connectivity index (χ1) is 10.2. The normalized spacial score (nSPS) is 12.1. The monoisotopic (exact) mass is 340 g/mol. The second-order valence-corrected chi connectivity index (χ2v) is 6.02. The number of thiazole rings is 1. The van der Waals surface area contributed by atoms with Gasteiger partial charge in [0.2, 0.25) is 5.13 Å². The van der Waals surface area contributed by atoms with Gasteiger partial charge in [0, 0.05) is 17.1 Å². The number of guanidine groups is 1. The van der Waals surface area contributed by atoms with Gasteiger partial charge < -0.3 is 17.2 Å². The molecule has 2 aromatic heterocycles. The first-order valence-electron chi connectivity index (χ1n) is 5.65. The summed E-state index contributed by atoms with van der Waals surface area (Å²) >= 11 is 1.22. The number of rotatable bonds is 4. The molecule has 8 N–H and O–H groups in total. The van der Waals surface area contributed by atoms with E-state index in [9.17, 15) is 8.42 Å². The molecule has 0 aliphatic carbocycles. The first kappa shape index (κ1) is 15.8. The van der Waals surface area contributed by atoms with Crippen molar-refractivity contribution in [1.29, 1.82) is 0 Å². The predicted molar refractivity (Wildman–Crippen MR) is 84.6 cm³/mol. The highest BCUT2D eigenvalue weighted by Gasteiger charge is 2.09. The summed E-state index contributed by atoms with van der Waals surface area (Å²) in [5.74, 6) is -0.349. The molecule has 2 rings (SSSR count). The number of nitrogens with zero attached hydrogens (tertiary/aromatic N) is 4. The number of amidine groups is 1. The summed E-state index contributed by atoms with van der Waals surface area (Å²) in [7, 11) is -4.07. The van der Waals surface area contributed by atoms with E-state index in [1.165, 1.54) is 29.7 Å². The molecule has 0 spiro atoms. The summed E-state index contributed by atoms with van der Waals surface area (Å²) in [5, 5.41) is 6.88. The summed E-state index contributed by atoms with van der Waals surface area (Å²) < 4.78 is 25.0. The third kappa shape index (κ3) is 4.21. The van der Waals surface area contributed by atoms with E-state index in [1.807, 2.05) is 0 Å². The van der Waals surface area contributed by atoms with E-state index in [1.54, 1.807) is 5.38 Å². The molecule has 12 heteroatoms. The minimum Gasteiger partial charge on any atom is -0.382 e. The molecule has 0 saturated heterocycles. The Hall–Kier alpha value is -2.57. The molecule has 0 fully saturated rings. The lowest BCUT2D eigenvalue weighted by atomic mass is 10.2. The topological polar surface area (TPSA) is 189 Å². The summed E-state index contributed by atoms with van der Waals surface area (Å²) in [4.78, 5) is 12.1. The Labute approximate surface area is 129 Å². The van der Waals surface area contributed by atoms with Crippen molar-refractivity contribution < 1.29 is 8.42 Å². The lowest BCUT2D eigenvalue weighted by Gasteiger charge is -2.02. The van der Waals surface area contributed by atoms with Crippen LogP contribution in [0.25, 0.3) is 11.4 Å². The van der Waals surface area contributed by atoms with Crippen molar-refractivity contribution in [3.63, 3.8) is 0 Å². The molecule has 2 heterocycles. The molecule has 0 aromatic carbocycles. The number of aromatic nitrogens is 2. The van der Waals surface area contributed by atoms with E-state index in [4.69, 9.17) is 22.3 Å². The average molecular weight is 340 g/mol. The molecule has 0 unspecified atom stereocenters. The van der Waals surface area contributed by atoms with Crippen molar-refractivity contribution in [2.45, 2.75) is 0 Å². The van der Waals surface area contributed by atoms with E-state index >= 15 is 0 Å². The fraction of sp³-hybridized carbons (Fsp3) is 0. The minimum absolute atomic E-state index is 0.104. The molecule has 0 aliphatic rings. The van der Waals surface area contributed by atoms with Crippen LogP contribution in [0.4, 0.5) is 5.13 Å². The van der Waals surface area contributed by atoms with Crippen LogP contribution in [0.5, 0.6) is 0 Å². The number of hydrogen-bond acceptors (Lipinski definition) is 6. The van der Waals surface area contributed by atoms with Gasteiger partial charge in [0.1, 0.15) is 11.5 Å². The highest BCUT2D eigenvalue weighted by molar-refractivity contribution is 7.88. The highest BCUT2D eigenvalue weighted by Crippen LogP contribution is 2.25. The van der Waals surface area contributed by atoms with Crippen molar-refractivity contribution in [3.05, 3.63) is 29.3 Å². The summed E-state index contributed by atoms with van der Waals surface area (Å²) in [6, 6.07) is 3.02. The number of aliphatic imine (C=N–C) groups is 1. The predicted octanol–water partition coefficient (Wildman–Crippen LogP) is -0.981. The standard InChI is InChI=1S/C10H12N8O2S2/c11-8(18-22(14,19)20)5-1-2-15-6(3-5)7-4-21-10(16-7)17-9(12)13/h1-4H,(H2,11,18)(H2,14,19,20)(H4,12,13,16,17). The van der Waals surface area contributed by atoms with Crippen LogP contribution < -0.4 is 22.3 Å². The zero-order valence-corrected chi connectivity index (χ0v) is 12.7. The number of pyridine rings is 1. The Morgan fingerprint density at radius 2 is 1.95 bits per heavy atom. The van der Waals surface area contributed by atoms with Crippen molar-refractivity contribution in [3.8, 4) is 11.4 Å². The number of hydrogen-bond donors (Lipinski definition) is 4. The lowest BCUT2D eigenvalue weighted by molar-refractivity contribution is 0.599. The van der Waals surface area contributed by atoms with E-state index < -0.39 is 10.2 Å². The third-order valence-electron chi connectivity index (χ3n) is 2.26. The Kier molecular flexibility index (Phi) is 4.35.